The summed E-state index contributed by atoms with van der Waals surface area (Å²) in [6.07, 6.45) is 0.948. The average molecular weight is 326 g/mol. The Kier molecular flexibility index (Phi) is 4.89. The molecule has 0 saturated carbocycles. The number of anilines is 1. The van der Waals surface area contributed by atoms with Crippen LogP contribution in [0.1, 0.15) is 12.0 Å². The van der Waals surface area contributed by atoms with Gasteiger partial charge in [-0.25, -0.2) is 4.39 Å². The normalized spacial score (nSPS) is 17.1. The van der Waals surface area contributed by atoms with Gasteiger partial charge in [-0.2, -0.15) is 0 Å². The van der Waals surface area contributed by atoms with Gasteiger partial charge in [0.05, 0.1) is 5.92 Å². The average Bonchev–Trinajstić information content (AvgIpc) is 2.98. The minimum absolute atomic E-state index is 0.107. The summed E-state index contributed by atoms with van der Waals surface area (Å²) in [6.45, 7) is 0.881. The summed E-state index contributed by atoms with van der Waals surface area (Å²) in [4.78, 5) is 25.9. The molecule has 0 spiro atoms. The quantitative estimate of drug-likeness (QED) is 0.918. The highest BCUT2D eigenvalue weighted by atomic mass is 19.1. The Morgan fingerprint density at radius 1 is 1.12 bits per heavy atom. The third-order valence-corrected chi connectivity index (χ3v) is 4.19. The lowest BCUT2D eigenvalue weighted by Crippen LogP contribution is -2.34. The monoisotopic (exact) mass is 326 g/mol. The number of carbonyl (C=O) groups is 2. The summed E-state index contributed by atoms with van der Waals surface area (Å²) in [5.41, 5.74) is 1.79. The topological polar surface area (TPSA) is 49.4 Å². The molecule has 1 atom stereocenters. The summed E-state index contributed by atoms with van der Waals surface area (Å²) in [5, 5.41) is 2.90. The van der Waals surface area contributed by atoms with Crippen molar-refractivity contribution >= 4 is 17.5 Å². The smallest absolute Gasteiger partial charge is 0.227 e. The number of nitrogens with zero attached hydrogens (tertiary/aromatic N) is 1. The summed E-state index contributed by atoms with van der Waals surface area (Å²) >= 11 is 0. The first-order valence-electron chi connectivity index (χ1n) is 8.01. The maximum atomic E-state index is 13.0. The van der Waals surface area contributed by atoms with Crippen LogP contribution in [0.2, 0.25) is 0 Å². The highest BCUT2D eigenvalue weighted by Gasteiger charge is 2.34. The molecule has 0 aliphatic carbocycles. The fraction of sp³-hybridized carbons (Fsp3) is 0.263. The van der Waals surface area contributed by atoms with Crippen LogP contribution in [-0.4, -0.2) is 24.9 Å². The molecular formula is C19H19FN2O2. The van der Waals surface area contributed by atoms with E-state index in [-0.39, 0.29) is 30.0 Å². The van der Waals surface area contributed by atoms with Crippen molar-refractivity contribution in [1.29, 1.82) is 0 Å². The van der Waals surface area contributed by atoms with E-state index in [4.69, 9.17) is 0 Å². The minimum Gasteiger partial charge on any atom is -0.355 e. The van der Waals surface area contributed by atoms with Crippen molar-refractivity contribution in [3.8, 4) is 0 Å². The Morgan fingerprint density at radius 3 is 2.54 bits per heavy atom. The number of hydrogen-bond donors (Lipinski definition) is 1. The van der Waals surface area contributed by atoms with Crippen LogP contribution in [0, 0.1) is 11.7 Å². The second-order valence-corrected chi connectivity index (χ2v) is 5.91. The lowest BCUT2D eigenvalue weighted by Gasteiger charge is -2.16. The second kappa shape index (κ2) is 7.25. The summed E-state index contributed by atoms with van der Waals surface area (Å²) in [6, 6.07) is 15.7. The summed E-state index contributed by atoms with van der Waals surface area (Å²) < 4.78 is 13.0. The van der Waals surface area contributed by atoms with E-state index >= 15 is 0 Å². The molecule has 4 nitrogen and oxygen atoms in total. The van der Waals surface area contributed by atoms with Gasteiger partial charge in [0.15, 0.2) is 0 Å². The van der Waals surface area contributed by atoms with Crippen LogP contribution in [0.15, 0.2) is 54.6 Å². The van der Waals surface area contributed by atoms with E-state index < -0.39 is 0 Å². The lowest BCUT2D eigenvalue weighted by atomic mass is 10.1. The molecule has 24 heavy (non-hydrogen) atoms. The first kappa shape index (κ1) is 16.2. The van der Waals surface area contributed by atoms with Gasteiger partial charge in [-0.1, -0.05) is 30.3 Å². The minimum atomic E-state index is -0.363. The molecule has 0 unspecified atom stereocenters. The molecule has 1 saturated heterocycles. The Morgan fingerprint density at radius 2 is 1.83 bits per heavy atom. The van der Waals surface area contributed by atoms with E-state index in [2.05, 4.69) is 5.32 Å². The number of amides is 2. The van der Waals surface area contributed by atoms with Gasteiger partial charge in [-0.15, -0.1) is 0 Å². The van der Waals surface area contributed by atoms with Crippen LogP contribution in [0.4, 0.5) is 10.1 Å². The molecule has 124 valence electrons. The van der Waals surface area contributed by atoms with Gasteiger partial charge in [-0.3, -0.25) is 9.59 Å². The molecule has 2 aromatic carbocycles. The molecule has 1 heterocycles. The first-order chi connectivity index (χ1) is 11.6. The van der Waals surface area contributed by atoms with Crippen molar-refractivity contribution < 1.29 is 14.0 Å². The largest absolute Gasteiger partial charge is 0.355 e. The molecular weight excluding hydrogens is 307 g/mol. The molecule has 5 heteroatoms. The number of hydrogen-bond acceptors (Lipinski definition) is 2. The molecule has 0 aromatic heterocycles. The van der Waals surface area contributed by atoms with Crippen molar-refractivity contribution in [2.75, 3.05) is 18.0 Å². The van der Waals surface area contributed by atoms with Crippen molar-refractivity contribution in [1.82, 2.24) is 5.32 Å². The van der Waals surface area contributed by atoms with Gasteiger partial charge >= 0.3 is 0 Å². The number of carbonyl (C=O) groups excluding carboxylic acids is 2. The maximum absolute atomic E-state index is 13.0. The third kappa shape index (κ3) is 3.79. The van der Waals surface area contributed by atoms with Crippen molar-refractivity contribution in [2.45, 2.75) is 12.8 Å². The predicted octanol–water partition coefficient (Wildman–Crippen LogP) is 2.54. The van der Waals surface area contributed by atoms with E-state index in [0.717, 1.165) is 12.0 Å². The molecule has 1 fully saturated rings. The second-order valence-electron chi connectivity index (χ2n) is 5.91. The molecule has 0 bridgehead atoms. The molecule has 1 N–H and O–H groups in total. The van der Waals surface area contributed by atoms with E-state index in [1.54, 1.807) is 17.0 Å². The predicted molar refractivity (Wildman–Crippen MR) is 90.0 cm³/mol. The molecule has 2 aromatic rings. The van der Waals surface area contributed by atoms with E-state index in [9.17, 15) is 14.0 Å². The van der Waals surface area contributed by atoms with Gasteiger partial charge in [-0.05, 0) is 36.2 Å². The van der Waals surface area contributed by atoms with Gasteiger partial charge < -0.3 is 10.2 Å². The Bertz CT molecular complexity index is 716. The van der Waals surface area contributed by atoms with E-state index in [0.29, 0.717) is 18.8 Å². The highest BCUT2D eigenvalue weighted by Crippen LogP contribution is 2.25. The fourth-order valence-corrected chi connectivity index (χ4v) is 2.87. The molecule has 2 amide bonds. The van der Waals surface area contributed by atoms with Gasteiger partial charge in [0.1, 0.15) is 5.82 Å². The van der Waals surface area contributed by atoms with Crippen LogP contribution in [0.5, 0.6) is 0 Å². The van der Waals surface area contributed by atoms with Gasteiger partial charge in [0.25, 0.3) is 0 Å². The fourth-order valence-electron chi connectivity index (χ4n) is 2.87. The molecule has 0 radical (unpaired) electrons. The summed E-state index contributed by atoms with van der Waals surface area (Å²) in [5.74, 6) is -0.923. The molecule has 1 aliphatic heterocycles. The Hall–Kier alpha value is -2.69. The van der Waals surface area contributed by atoms with E-state index in [1.807, 2.05) is 30.3 Å². The lowest BCUT2D eigenvalue weighted by molar-refractivity contribution is -0.126. The zero-order chi connectivity index (χ0) is 16.9. The summed E-state index contributed by atoms with van der Waals surface area (Å²) in [7, 11) is 0. The van der Waals surface area contributed by atoms with Gasteiger partial charge in [0.2, 0.25) is 11.8 Å². The van der Waals surface area contributed by atoms with Crippen LogP contribution in [-0.2, 0) is 16.0 Å². The Balaban J connectivity index is 1.53. The Labute approximate surface area is 140 Å². The molecule has 3 rings (SSSR count). The van der Waals surface area contributed by atoms with Crippen LogP contribution < -0.4 is 10.2 Å². The third-order valence-electron chi connectivity index (χ3n) is 4.19. The van der Waals surface area contributed by atoms with Gasteiger partial charge in [0, 0.05) is 25.2 Å². The van der Waals surface area contributed by atoms with Crippen molar-refractivity contribution in [3.63, 3.8) is 0 Å². The zero-order valence-electron chi connectivity index (χ0n) is 13.2. The SMILES string of the molecule is O=C(NCCc1ccccc1)[C@@H]1CC(=O)N(c2ccc(F)cc2)C1. The highest BCUT2D eigenvalue weighted by molar-refractivity contribution is 6.00. The zero-order valence-corrected chi connectivity index (χ0v) is 13.2. The van der Waals surface area contributed by atoms with E-state index in [1.165, 1.54) is 12.1 Å². The number of nitrogens with one attached hydrogen (secondary N) is 1. The number of halogens is 1. The number of rotatable bonds is 5. The van der Waals surface area contributed by atoms with Crippen molar-refractivity contribution in [2.24, 2.45) is 5.92 Å². The van der Waals surface area contributed by atoms with Crippen molar-refractivity contribution in [3.05, 3.63) is 66.0 Å². The number of benzene rings is 2. The standard InChI is InChI=1S/C19H19FN2O2/c20-16-6-8-17(9-7-16)22-13-15(12-18(22)23)19(24)21-11-10-14-4-2-1-3-5-14/h1-9,15H,10-13H2,(H,21,24)/t15-/m1/s1. The maximum Gasteiger partial charge on any atom is 0.227 e. The first-order valence-corrected chi connectivity index (χ1v) is 8.01. The van der Waals surface area contributed by atoms with Crippen LogP contribution in [0.25, 0.3) is 0 Å². The van der Waals surface area contributed by atoms with Crippen LogP contribution >= 0.6 is 0 Å². The molecule has 1 aliphatic rings. The van der Waals surface area contributed by atoms with Crippen LogP contribution in [0.3, 0.4) is 0 Å².